The minimum absolute atomic E-state index is 0.251. The van der Waals surface area contributed by atoms with Gasteiger partial charge in [-0.15, -0.1) is 0 Å². The summed E-state index contributed by atoms with van der Waals surface area (Å²) in [4.78, 5) is 0. The molecule has 0 spiro atoms. The lowest BCUT2D eigenvalue weighted by Gasteiger charge is -2.03. The maximum atomic E-state index is 8.31. The molecule has 0 aromatic carbocycles. The van der Waals surface area contributed by atoms with E-state index < -0.39 is 9.04 Å². The van der Waals surface area contributed by atoms with Gasteiger partial charge in [-0.05, 0) is 19.5 Å². The van der Waals surface area contributed by atoms with Crippen molar-refractivity contribution in [2.24, 2.45) is 0 Å². The highest BCUT2D eigenvalue weighted by atomic mass is 28.3. The normalized spacial score (nSPS) is 10.5. The molecule has 0 amide bonds. The fraction of sp³-hybridized carbons (Fsp3) is 1.00. The van der Waals surface area contributed by atoms with Gasteiger partial charge in [0.25, 0.3) is 0 Å². The van der Waals surface area contributed by atoms with E-state index in [9.17, 15) is 0 Å². The molecule has 0 aliphatic heterocycles. The van der Waals surface area contributed by atoms with Crippen LogP contribution in [-0.2, 0) is 4.43 Å². The molecule has 0 saturated carbocycles. The Kier molecular flexibility index (Phi) is 5.37. The predicted molar refractivity (Wildman–Crippen MR) is 36.5 cm³/mol. The second-order valence-corrected chi connectivity index (χ2v) is 4.43. The fourth-order valence-electron chi connectivity index (χ4n) is 0.384. The van der Waals surface area contributed by atoms with Gasteiger partial charge in [0.15, 0.2) is 9.04 Å². The minimum Gasteiger partial charge on any atom is -0.420 e. The summed E-state index contributed by atoms with van der Waals surface area (Å²) < 4.78 is 5.26. The molecule has 0 radical (unpaired) electrons. The Balaban J connectivity index is 2.72. The molecule has 0 aromatic rings. The summed E-state index contributed by atoms with van der Waals surface area (Å²) in [5.41, 5.74) is 0. The Morgan fingerprint density at radius 1 is 1.50 bits per heavy atom. The molecule has 0 unspecified atom stereocenters. The van der Waals surface area contributed by atoms with Crippen LogP contribution in [0.15, 0.2) is 0 Å². The third-order valence-corrected chi connectivity index (χ3v) is 1.66. The lowest BCUT2D eigenvalue weighted by atomic mass is 10.5. The van der Waals surface area contributed by atoms with Crippen LogP contribution in [0.2, 0.25) is 13.1 Å². The summed E-state index contributed by atoms with van der Waals surface area (Å²) in [5, 5.41) is 8.31. The molecular formula is C5H14O2Si. The monoisotopic (exact) mass is 134 g/mol. The summed E-state index contributed by atoms with van der Waals surface area (Å²) >= 11 is 0. The Labute approximate surface area is 52.2 Å². The average Bonchev–Trinajstić information content (AvgIpc) is 1.66. The maximum Gasteiger partial charge on any atom is 0.170 e. The Morgan fingerprint density at radius 3 is 2.50 bits per heavy atom. The van der Waals surface area contributed by atoms with E-state index in [1.807, 2.05) is 0 Å². The highest BCUT2D eigenvalue weighted by Crippen LogP contribution is 1.85. The van der Waals surface area contributed by atoms with Gasteiger partial charge in [-0.3, -0.25) is 0 Å². The first-order valence-corrected chi connectivity index (χ1v) is 5.78. The first-order chi connectivity index (χ1) is 3.77. The van der Waals surface area contributed by atoms with E-state index in [4.69, 9.17) is 9.53 Å². The van der Waals surface area contributed by atoms with Gasteiger partial charge in [0.05, 0.1) is 0 Å². The minimum atomic E-state index is -0.813. The highest BCUT2D eigenvalue weighted by Gasteiger charge is 1.92. The van der Waals surface area contributed by atoms with Crippen LogP contribution in [0.5, 0.6) is 0 Å². The van der Waals surface area contributed by atoms with E-state index in [1.165, 1.54) is 0 Å². The van der Waals surface area contributed by atoms with Crippen molar-refractivity contribution in [1.82, 2.24) is 0 Å². The molecule has 0 aliphatic rings. The van der Waals surface area contributed by atoms with Gasteiger partial charge < -0.3 is 9.53 Å². The van der Waals surface area contributed by atoms with Crippen molar-refractivity contribution < 1.29 is 9.53 Å². The molecule has 50 valence electrons. The zero-order chi connectivity index (χ0) is 6.41. The van der Waals surface area contributed by atoms with Crippen molar-refractivity contribution in [3.63, 3.8) is 0 Å². The number of rotatable bonds is 4. The Hall–Kier alpha value is 0.137. The molecule has 0 aliphatic carbocycles. The van der Waals surface area contributed by atoms with Crippen molar-refractivity contribution in [2.45, 2.75) is 19.5 Å². The third-order valence-electron chi connectivity index (χ3n) is 0.754. The lowest BCUT2D eigenvalue weighted by Crippen LogP contribution is -2.09. The molecule has 1 N–H and O–H groups in total. The SMILES string of the molecule is C[SiH](C)OCCCO. The van der Waals surface area contributed by atoms with Crippen LogP contribution in [-0.4, -0.2) is 27.4 Å². The van der Waals surface area contributed by atoms with E-state index >= 15 is 0 Å². The zero-order valence-corrected chi connectivity index (χ0v) is 6.71. The van der Waals surface area contributed by atoms with Crippen molar-refractivity contribution in [3.05, 3.63) is 0 Å². The molecule has 0 saturated heterocycles. The third kappa shape index (κ3) is 6.14. The van der Waals surface area contributed by atoms with Gasteiger partial charge in [0.1, 0.15) is 0 Å². The number of aliphatic hydroxyl groups excluding tert-OH is 1. The van der Waals surface area contributed by atoms with Gasteiger partial charge >= 0.3 is 0 Å². The van der Waals surface area contributed by atoms with Gasteiger partial charge in [0, 0.05) is 13.2 Å². The van der Waals surface area contributed by atoms with Crippen LogP contribution >= 0.6 is 0 Å². The molecule has 0 bridgehead atoms. The van der Waals surface area contributed by atoms with Crippen molar-refractivity contribution in [1.29, 1.82) is 0 Å². The van der Waals surface area contributed by atoms with Crippen molar-refractivity contribution in [3.8, 4) is 0 Å². The van der Waals surface area contributed by atoms with Crippen LogP contribution in [0.1, 0.15) is 6.42 Å². The van der Waals surface area contributed by atoms with E-state index in [-0.39, 0.29) is 6.61 Å². The second kappa shape index (κ2) is 5.28. The van der Waals surface area contributed by atoms with E-state index in [0.29, 0.717) is 0 Å². The lowest BCUT2D eigenvalue weighted by molar-refractivity contribution is 0.235. The fourth-order valence-corrected chi connectivity index (χ4v) is 1.02. The second-order valence-electron chi connectivity index (χ2n) is 2.00. The molecule has 8 heavy (non-hydrogen) atoms. The van der Waals surface area contributed by atoms with Gasteiger partial charge in [-0.2, -0.15) is 0 Å². The van der Waals surface area contributed by atoms with Crippen molar-refractivity contribution in [2.75, 3.05) is 13.2 Å². The standard InChI is InChI=1S/C5H14O2Si/c1-8(2)7-5-3-4-6/h6,8H,3-5H2,1-2H3. The smallest absolute Gasteiger partial charge is 0.170 e. The molecular weight excluding hydrogens is 120 g/mol. The van der Waals surface area contributed by atoms with E-state index in [1.54, 1.807) is 0 Å². The summed E-state index contributed by atoms with van der Waals surface area (Å²) in [6.07, 6.45) is 0.783. The summed E-state index contributed by atoms with van der Waals surface area (Å²) in [6.45, 7) is 5.23. The molecule has 2 nitrogen and oxygen atoms in total. The molecule has 0 atom stereocenters. The van der Waals surface area contributed by atoms with E-state index in [2.05, 4.69) is 13.1 Å². The number of hydrogen-bond donors (Lipinski definition) is 1. The van der Waals surface area contributed by atoms with Gasteiger partial charge in [-0.1, -0.05) is 0 Å². The molecule has 0 heterocycles. The maximum absolute atomic E-state index is 8.31. The molecule has 0 rings (SSSR count). The largest absolute Gasteiger partial charge is 0.420 e. The van der Waals surface area contributed by atoms with Gasteiger partial charge in [0.2, 0.25) is 0 Å². The highest BCUT2D eigenvalue weighted by molar-refractivity contribution is 6.48. The summed E-state index contributed by atoms with van der Waals surface area (Å²) in [5.74, 6) is 0. The van der Waals surface area contributed by atoms with E-state index in [0.717, 1.165) is 13.0 Å². The van der Waals surface area contributed by atoms with Crippen LogP contribution < -0.4 is 0 Å². The van der Waals surface area contributed by atoms with Crippen LogP contribution in [0.4, 0.5) is 0 Å². The first-order valence-electron chi connectivity index (χ1n) is 3.00. The molecule has 0 fully saturated rings. The topological polar surface area (TPSA) is 29.5 Å². The number of hydrogen-bond acceptors (Lipinski definition) is 2. The Morgan fingerprint density at radius 2 is 2.12 bits per heavy atom. The Bertz CT molecular complexity index is 47.7. The molecule has 3 heteroatoms. The summed E-state index contributed by atoms with van der Waals surface area (Å²) in [6, 6.07) is 0. The zero-order valence-electron chi connectivity index (χ0n) is 5.55. The predicted octanol–water partition coefficient (Wildman–Crippen LogP) is 0.369. The van der Waals surface area contributed by atoms with Crippen LogP contribution in [0, 0.1) is 0 Å². The van der Waals surface area contributed by atoms with Crippen LogP contribution in [0.3, 0.4) is 0 Å². The van der Waals surface area contributed by atoms with Gasteiger partial charge in [-0.25, -0.2) is 0 Å². The van der Waals surface area contributed by atoms with Crippen molar-refractivity contribution >= 4 is 9.04 Å². The van der Waals surface area contributed by atoms with Crippen LogP contribution in [0.25, 0.3) is 0 Å². The quantitative estimate of drug-likeness (QED) is 0.444. The molecule has 0 aromatic heterocycles. The first kappa shape index (κ1) is 8.14. The summed E-state index contributed by atoms with van der Waals surface area (Å²) in [7, 11) is -0.813. The average molecular weight is 134 g/mol. The number of aliphatic hydroxyl groups is 1.